The van der Waals surface area contributed by atoms with E-state index < -0.39 is 5.60 Å². The third kappa shape index (κ3) is 3.49. The van der Waals surface area contributed by atoms with Gasteiger partial charge in [0.15, 0.2) is 0 Å². The lowest BCUT2D eigenvalue weighted by Gasteiger charge is -2.24. The Morgan fingerprint density at radius 1 is 1.43 bits per heavy atom. The predicted molar refractivity (Wildman–Crippen MR) is 90.3 cm³/mol. The lowest BCUT2D eigenvalue weighted by molar-refractivity contribution is 0.0288. The maximum absolute atomic E-state index is 12.2. The van der Waals surface area contributed by atoms with E-state index in [1.165, 1.54) is 16.6 Å². The zero-order chi connectivity index (χ0) is 16.6. The average Bonchev–Trinajstić information content (AvgIpc) is 3.04. The molecule has 0 N–H and O–H groups in total. The van der Waals surface area contributed by atoms with Gasteiger partial charge in [0.25, 0.3) is 0 Å². The summed E-state index contributed by atoms with van der Waals surface area (Å²) in [6, 6.07) is 4.25. The van der Waals surface area contributed by atoms with E-state index in [0.717, 1.165) is 25.9 Å². The van der Waals surface area contributed by atoms with Gasteiger partial charge in [-0.05, 0) is 51.7 Å². The van der Waals surface area contributed by atoms with Gasteiger partial charge in [-0.3, -0.25) is 4.98 Å². The molecule has 1 unspecified atom stereocenters. The van der Waals surface area contributed by atoms with Gasteiger partial charge in [-0.1, -0.05) is 0 Å². The van der Waals surface area contributed by atoms with Crippen molar-refractivity contribution in [1.29, 1.82) is 0 Å². The molecule has 1 fully saturated rings. The topological polar surface area (TPSA) is 47.4 Å². The molecule has 3 rings (SSSR count). The van der Waals surface area contributed by atoms with Crippen LogP contribution in [0, 0.1) is 5.92 Å². The standard InChI is InChI=1S/C18H25N3O2/c1-18(2,3)23-17(22)21-8-6-13(12-21)9-15-10-14-11-19-7-5-16(14)20(15)4/h5,7,10-11,13H,6,8-9,12H2,1-4H3. The van der Waals surface area contributed by atoms with Gasteiger partial charge in [0.2, 0.25) is 0 Å². The van der Waals surface area contributed by atoms with E-state index in [2.05, 4.69) is 22.7 Å². The molecule has 2 aromatic rings. The van der Waals surface area contributed by atoms with Gasteiger partial charge < -0.3 is 14.2 Å². The molecule has 2 aromatic heterocycles. The molecule has 3 heterocycles. The maximum Gasteiger partial charge on any atom is 0.410 e. The van der Waals surface area contributed by atoms with Crippen molar-refractivity contribution in [3.05, 3.63) is 30.2 Å². The van der Waals surface area contributed by atoms with Crippen LogP contribution in [0.3, 0.4) is 0 Å². The summed E-state index contributed by atoms with van der Waals surface area (Å²) in [7, 11) is 2.10. The largest absolute Gasteiger partial charge is 0.444 e. The quantitative estimate of drug-likeness (QED) is 0.853. The monoisotopic (exact) mass is 315 g/mol. The highest BCUT2D eigenvalue weighted by Gasteiger charge is 2.30. The fourth-order valence-electron chi connectivity index (χ4n) is 3.23. The Balaban J connectivity index is 1.65. The van der Waals surface area contributed by atoms with E-state index >= 15 is 0 Å². The first-order valence-electron chi connectivity index (χ1n) is 8.20. The van der Waals surface area contributed by atoms with E-state index in [4.69, 9.17) is 4.74 Å². The van der Waals surface area contributed by atoms with E-state index in [-0.39, 0.29) is 6.09 Å². The summed E-state index contributed by atoms with van der Waals surface area (Å²) < 4.78 is 7.69. The third-order valence-electron chi connectivity index (χ3n) is 4.38. The number of hydrogen-bond acceptors (Lipinski definition) is 3. The average molecular weight is 315 g/mol. The van der Waals surface area contributed by atoms with Crippen LogP contribution in [0.1, 0.15) is 32.9 Å². The number of ether oxygens (including phenoxy) is 1. The summed E-state index contributed by atoms with van der Waals surface area (Å²) in [5.41, 5.74) is 2.07. The first-order chi connectivity index (χ1) is 10.8. The summed E-state index contributed by atoms with van der Waals surface area (Å²) in [5, 5.41) is 1.17. The molecule has 0 aromatic carbocycles. The van der Waals surface area contributed by atoms with Gasteiger partial charge in [0, 0.05) is 43.6 Å². The van der Waals surface area contributed by atoms with Gasteiger partial charge in [-0.25, -0.2) is 4.79 Å². The molecule has 0 aliphatic carbocycles. The van der Waals surface area contributed by atoms with Crippen LogP contribution in [-0.2, 0) is 18.2 Å². The van der Waals surface area contributed by atoms with E-state index in [9.17, 15) is 4.79 Å². The number of fused-ring (bicyclic) bond motifs is 1. The fraction of sp³-hybridized carbons (Fsp3) is 0.556. The van der Waals surface area contributed by atoms with E-state index in [1.54, 1.807) is 0 Å². The molecule has 1 atom stereocenters. The second-order valence-electron chi connectivity index (χ2n) is 7.41. The minimum Gasteiger partial charge on any atom is -0.444 e. The Morgan fingerprint density at radius 2 is 2.22 bits per heavy atom. The Labute approximate surface area is 137 Å². The highest BCUT2D eigenvalue weighted by Crippen LogP contribution is 2.25. The van der Waals surface area contributed by atoms with Crippen molar-refractivity contribution in [3.8, 4) is 0 Å². The highest BCUT2D eigenvalue weighted by atomic mass is 16.6. The molecule has 5 heteroatoms. The number of carbonyl (C=O) groups is 1. The summed E-state index contributed by atoms with van der Waals surface area (Å²) in [6.45, 7) is 7.27. The molecule has 23 heavy (non-hydrogen) atoms. The molecular weight excluding hydrogens is 290 g/mol. The van der Waals surface area contributed by atoms with Crippen molar-refractivity contribution >= 4 is 17.0 Å². The summed E-state index contributed by atoms with van der Waals surface area (Å²) in [6.07, 6.45) is 5.54. The van der Waals surface area contributed by atoms with Gasteiger partial charge in [-0.2, -0.15) is 0 Å². The molecule has 1 amide bonds. The predicted octanol–water partition coefficient (Wildman–Crippen LogP) is 3.37. The van der Waals surface area contributed by atoms with Gasteiger partial charge >= 0.3 is 6.09 Å². The Morgan fingerprint density at radius 3 is 2.91 bits per heavy atom. The first-order valence-corrected chi connectivity index (χ1v) is 8.20. The molecule has 124 valence electrons. The van der Waals surface area contributed by atoms with Crippen LogP contribution >= 0.6 is 0 Å². The number of carbonyl (C=O) groups excluding carboxylic acids is 1. The normalized spacial score (nSPS) is 18.6. The van der Waals surface area contributed by atoms with Crippen LogP contribution in [0.2, 0.25) is 0 Å². The minimum absolute atomic E-state index is 0.193. The molecule has 0 saturated carbocycles. The van der Waals surface area contributed by atoms with Crippen molar-refractivity contribution in [2.24, 2.45) is 13.0 Å². The zero-order valence-corrected chi connectivity index (χ0v) is 14.4. The van der Waals surface area contributed by atoms with Crippen molar-refractivity contribution in [2.45, 2.75) is 39.2 Å². The van der Waals surface area contributed by atoms with Crippen molar-refractivity contribution in [1.82, 2.24) is 14.5 Å². The zero-order valence-electron chi connectivity index (χ0n) is 14.4. The maximum atomic E-state index is 12.2. The lowest BCUT2D eigenvalue weighted by atomic mass is 10.0. The molecule has 5 nitrogen and oxygen atoms in total. The van der Waals surface area contributed by atoms with Crippen LogP contribution in [0.5, 0.6) is 0 Å². The van der Waals surface area contributed by atoms with Crippen LogP contribution in [-0.4, -0.2) is 39.2 Å². The van der Waals surface area contributed by atoms with Gasteiger partial charge in [-0.15, -0.1) is 0 Å². The van der Waals surface area contributed by atoms with Crippen LogP contribution in [0.25, 0.3) is 10.9 Å². The van der Waals surface area contributed by atoms with Crippen LogP contribution < -0.4 is 0 Å². The summed E-state index contributed by atoms with van der Waals surface area (Å²) >= 11 is 0. The number of hydrogen-bond donors (Lipinski definition) is 0. The lowest BCUT2D eigenvalue weighted by Crippen LogP contribution is -2.35. The highest BCUT2D eigenvalue weighted by molar-refractivity contribution is 5.80. The SMILES string of the molecule is Cn1c(CC2CCN(C(=O)OC(C)(C)C)C2)cc2cnccc21. The van der Waals surface area contributed by atoms with Gasteiger partial charge in [0.05, 0.1) is 5.52 Å². The number of amides is 1. The minimum atomic E-state index is -0.433. The van der Waals surface area contributed by atoms with Crippen molar-refractivity contribution < 1.29 is 9.53 Å². The number of likely N-dealkylation sites (tertiary alicyclic amines) is 1. The fourth-order valence-corrected chi connectivity index (χ4v) is 3.23. The summed E-state index contributed by atoms with van der Waals surface area (Å²) in [4.78, 5) is 18.2. The Hall–Kier alpha value is -2.04. The molecule has 1 saturated heterocycles. The number of aryl methyl sites for hydroxylation is 1. The molecule has 1 aliphatic rings. The van der Waals surface area contributed by atoms with Crippen LogP contribution in [0.4, 0.5) is 4.79 Å². The van der Waals surface area contributed by atoms with E-state index in [0.29, 0.717) is 5.92 Å². The number of pyridine rings is 1. The first kappa shape index (κ1) is 15.8. The second kappa shape index (κ2) is 5.87. The van der Waals surface area contributed by atoms with Gasteiger partial charge in [0.1, 0.15) is 5.60 Å². The van der Waals surface area contributed by atoms with E-state index in [1.807, 2.05) is 44.1 Å². The molecule has 0 radical (unpaired) electrons. The molecular formula is C18H25N3O2. The van der Waals surface area contributed by atoms with Crippen molar-refractivity contribution in [2.75, 3.05) is 13.1 Å². The molecule has 0 spiro atoms. The molecule has 0 bridgehead atoms. The van der Waals surface area contributed by atoms with Crippen LogP contribution in [0.15, 0.2) is 24.5 Å². The number of nitrogens with zero attached hydrogens (tertiary/aromatic N) is 3. The number of rotatable bonds is 2. The Bertz CT molecular complexity index is 715. The third-order valence-corrected chi connectivity index (χ3v) is 4.38. The Kier molecular flexibility index (Phi) is 4.04. The van der Waals surface area contributed by atoms with Crippen molar-refractivity contribution in [3.63, 3.8) is 0 Å². The number of aromatic nitrogens is 2. The molecule has 1 aliphatic heterocycles. The second-order valence-corrected chi connectivity index (χ2v) is 7.41. The summed E-state index contributed by atoms with van der Waals surface area (Å²) in [5.74, 6) is 0.485. The smallest absolute Gasteiger partial charge is 0.410 e.